The number of fused-ring (bicyclic) bond motifs is 3. The Morgan fingerprint density at radius 3 is 3.00 bits per heavy atom. The minimum atomic E-state index is 0.768. The standard InChI is InChI=1S/C11H9N3/c12-7-3-4-9-8(6-7)11-10(14-9)2-1-5-13-11/h1-6,14H,12H2. The van der Waals surface area contributed by atoms with Gasteiger partial charge in [-0.05, 0) is 30.3 Å². The zero-order chi connectivity index (χ0) is 9.54. The SMILES string of the molecule is Nc1ccc2[nH]c3cccnc3c2c1. The van der Waals surface area contributed by atoms with Gasteiger partial charge in [0, 0.05) is 22.8 Å². The van der Waals surface area contributed by atoms with Gasteiger partial charge in [0.1, 0.15) is 0 Å². The molecular weight excluding hydrogens is 174 g/mol. The molecule has 0 atom stereocenters. The van der Waals surface area contributed by atoms with Crippen LogP contribution in [0.1, 0.15) is 0 Å². The van der Waals surface area contributed by atoms with Gasteiger partial charge >= 0.3 is 0 Å². The van der Waals surface area contributed by atoms with Gasteiger partial charge < -0.3 is 10.7 Å². The molecule has 0 aliphatic rings. The molecule has 0 aliphatic carbocycles. The Morgan fingerprint density at radius 2 is 2.07 bits per heavy atom. The second kappa shape index (κ2) is 2.48. The topological polar surface area (TPSA) is 54.7 Å². The Labute approximate surface area is 80.6 Å². The van der Waals surface area contributed by atoms with E-state index in [1.54, 1.807) is 6.20 Å². The van der Waals surface area contributed by atoms with Crippen molar-refractivity contribution in [3.05, 3.63) is 36.5 Å². The zero-order valence-corrected chi connectivity index (χ0v) is 7.49. The van der Waals surface area contributed by atoms with E-state index >= 15 is 0 Å². The Morgan fingerprint density at radius 1 is 1.14 bits per heavy atom. The van der Waals surface area contributed by atoms with Gasteiger partial charge in [-0.1, -0.05) is 0 Å². The lowest BCUT2D eigenvalue weighted by Gasteiger charge is -1.92. The molecule has 3 aromatic rings. The Balaban J connectivity index is 2.58. The van der Waals surface area contributed by atoms with E-state index in [2.05, 4.69) is 9.97 Å². The van der Waals surface area contributed by atoms with E-state index in [0.29, 0.717) is 0 Å². The van der Waals surface area contributed by atoms with Crippen LogP contribution in [0.25, 0.3) is 21.9 Å². The second-order valence-corrected chi connectivity index (χ2v) is 3.33. The van der Waals surface area contributed by atoms with E-state index in [0.717, 1.165) is 27.6 Å². The number of H-pyrrole nitrogens is 1. The van der Waals surface area contributed by atoms with Crippen LogP contribution in [0.5, 0.6) is 0 Å². The summed E-state index contributed by atoms with van der Waals surface area (Å²) in [6, 6.07) is 9.74. The molecule has 0 aliphatic heterocycles. The minimum Gasteiger partial charge on any atom is -0.399 e. The van der Waals surface area contributed by atoms with E-state index in [9.17, 15) is 0 Å². The van der Waals surface area contributed by atoms with Gasteiger partial charge in [0.2, 0.25) is 0 Å². The molecule has 2 aromatic heterocycles. The summed E-state index contributed by atoms with van der Waals surface area (Å²) in [5, 5.41) is 1.08. The maximum atomic E-state index is 5.73. The van der Waals surface area contributed by atoms with Crippen LogP contribution in [-0.4, -0.2) is 9.97 Å². The highest BCUT2D eigenvalue weighted by molar-refractivity contribution is 6.05. The van der Waals surface area contributed by atoms with Gasteiger partial charge in [-0.25, -0.2) is 0 Å². The zero-order valence-electron chi connectivity index (χ0n) is 7.49. The van der Waals surface area contributed by atoms with Gasteiger partial charge in [0.25, 0.3) is 0 Å². The second-order valence-electron chi connectivity index (χ2n) is 3.33. The third-order valence-corrected chi connectivity index (χ3v) is 2.38. The first-order valence-corrected chi connectivity index (χ1v) is 4.46. The molecule has 3 heteroatoms. The summed E-state index contributed by atoms with van der Waals surface area (Å²) in [4.78, 5) is 7.61. The fourth-order valence-electron chi connectivity index (χ4n) is 1.73. The third-order valence-electron chi connectivity index (χ3n) is 2.38. The molecule has 0 saturated carbocycles. The lowest BCUT2D eigenvalue weighted by molar-refractivity contribution is 1.42. The summed E-state index contributed by atoms with van der Waals surface area (Å²) in [6.07, 6.45) is 1.79. The van der Waals surface area contributed by atoms with Crippen molar-refractivity contribution in [2.24, 2.45) is 0 Å². The Hall–Kier alpha value is -2.03. The quantitative estimate of drug-likeness (QED) is 0.525. The molecule has 3 rings (SSSR count). The van der Waals surface area contributed by atoms with Crippen molar-refractivity contribution in [1.82, 2.24) is 9.97 Å². The smallest absolute Gasteiger partial charge is 0.0958 e. The number of benzene rings is 1. The van der Waals surface area contributed by atoms with Crippen molar-refractivity contribution < 1.29 is 0 Å². The summed E-state index contributed by atoms with van der Waals surface area (Å²) in [7, 11) is 0. The van der Waals surface area contributed by atoms with E-state index < -0.39 is 0 Å². The third kappa shape index (κ3) is 0.893. The van der Waals surface area contributed by atoms with E-state index in [1.165, 1.54) is 0 Å². The van der Waals surface area contributed by atoms with Crippen molar-refractivity contribution in [2.45, 2.75) is 0 Å². The molecule has 0 spiro atoms. The Kier molecular flexibility index (Phi) is 1.31. The number of nitrogen functional groups attached to an aromatic ring is 1. The van der Waals surface area contributed by atoms with Crippen LogP contribution >= 0.6 is 0 Å². The first-order chi connectivity index (χ1) is 6.84. The van der Waals surface area contributed by atoms with Crippen molar-refractivity contribution in [1.29, 1.82) is 0 Å². The number of pyridine rings is 1. The van der Waals surface area contributed by atoms with Gasteiger partial charge in [-0.2, -0.15) is 0 Å². The predicted octanol–water partition coefficient (Wildman–Crippen LogP) is 2.30. The van der Waals surface area contributed by atoms with E-state index in [4.69, 9.17) is 5.73 Å². The highest BCUT2D eigenvalue weighted by Crippen LogP contribution is 2.24. The number of aromatic amines is 1. The number of nitrogens with zero attached hydrogens (tertiary/aromatic N) is 1. The molecule has 3 nitrogen and oxygen atoms in total. The molecule has 3 N–H and O–H groups in total. The van der Waals surface area contributed by atoms with Gasteiger partial charge in [-0.3, -0.25) is 4.98 Å². The van der Waals surface area contributed by atoms with E-state index in [-0.39, 0.29) is 0 Å². The molecule has 2 heterocycles. The lowest BCUT2D eigenvalue weighted by atomic mass is 10.2. The van der Waals surface area contributed by atoms with Crippen LogP contribution in [0, 0.1) is 0 Å². The molecular formula is C11H9N3. The average Bonchev–Trinajstić information content (AvgIpc) is 2.56. The van der Waals surface area contributed by atoms with Crippen LogP contribution in [0.2, 0.25) is 0 Å². The number of anilines is 1. The van der Waals surface area contributed by atoms with Crippen molar-refractivity contribution in [3.8, 4) is 0 Å². The Bertz CT molecular complexity index is 610. The van der Waals surface area contributed by atoms with Crippen LogP contribution in [-0.2, 0) is 0 Å². The van der Waals surface area contributed by atoms with Crippen LogP contribution in [0.15, 0.2) is 36.5 Å². The lowest BCUT2D eigenvalue weighted by Crippen LogP contribution is -1.82. The molecule has 0 fully saturated rings. The highest BCUT2D eigenvalue weighted by Gasteiger charge is 2.03. The number of hydrogen-bond donors (Lipinski definition) is 2. The maximum Gasteiger partial charge on any atom is 0.0958 e. The number of nitrogens with two attached hydrogens (primary N) is 1. The molecule has 0 bridgehead atoms. The van der Waals surface area contributed by atoms with Crippen LogP contribution in [0.3, 0.4) is 0 Å². The molecule has 1 aromatic carbocycles. The number of hydrogen-bond acceptors (Lipinski definition) is 2. The fourth-order valence-corrected chi connectivity index (χ4v) is 1.73. The first kappa shape index (κ1) is 7.38. The number of rotatable bonds is 0. The predicted molar refractivity (Wildman–Crippen MR) is 58.0 cm³/mol. The summed E-state index contributed by atoms with van der Waals surface area (Å²) in [5.41, 5.74) is 9.61. The molecule has 68 valence electrons. The van der Waals surface area contributed by atoms with Crippen LogP contribution < -0.4 is 5.73 Å². The number of aromatic nitrogens is 2. The molecule has 0 saturated heterocycles. The van der Waals surface area contributed by atoms with Crippen molar-refractivity contribution in [2.75, 3.05) is 5.73 Å². The first-order valence-electron chi connectivity index (χ1n) is 4.46. The summed E-state index contributed by atoms with van der Waals surface area (Å²) < 4.78 is 0. The van der Waals surface area contributed by atoms with Gasteiger partial charge in [0.05, 0.1) is 11.0 Å². The average molecular weight is 183 g/mol. The normalized spacial score (nSPS) is 11.1. The molecule has 14 heavy (non-hydrogen) atoms. The monoisotopic (exact) mass is 183 g/mol. The van der Waals surface area contributed by atoms with Gasteiger partial charge in [-0.15, -0.1) is 0 Å². The van der Waals surface area contributed by atoms with Crippen LogP contribution in [0.4, 0.5) is 5.69 Å². The maximum absolute atomic E-state index is 5.73. The molecule has 0 amide bonds. The molecule has 0 unspecified atom stereocenters. The number of nitrogens with one attached hydrogen (secondary N) is 1. The summed E-state index contributed by atoms with van der Waals surface area (Å²) >= 11 is 0. The summed E-state index contributed by atoms with van der Waals surface area (Å²) in [5.74, 6) is 0. The fraction of sp³-hybridized carbons (Fsp3) is 0. The summed E-state index contributed by atoms with van der Waals surface area (Å²) in [6.45, 7) is 0. The van der Waals surface area contributed by atoms with Crippen molar-refractivity contribution >= 4 is 27.6 Å². The van der Waals surface area contributed by atoms with Gasteiger partial charge in [0.15, 0.2) is 0 Å². The van der Waals surface area contributed by atoms with E-state index in [1.807, 2.05) is 30.3 Å². The van der Waals surface area contributed by atoms with Crippen molar-refractivity contribution in [3.63, 3.8) is 0 Å². The largest absolute Gasteiger partial charge is 0.399 e. The molecule has 0 radical (unpaired) electrons. The minimum absolute atomic E-state index is 0.768. The highest BCUT2D eigenvalue weighted by atomic mass is 14.8.